The number of anilines is 3. The zero-order valence-corrected chi connectivity index (χ0v) is 22.1. The van der Waals surface area contributed by atoms with Crippen LogP contribution in [-0.4, -0.2) is 49.9 Å². The molecular weight excluding hydrogens is 624 g/mol. The third-order valence-electron chi connectivity index (χ3n) is 5.72. The molecule has 1 amide bonds. The van der Waals surface area contributed by atoms with Crippen molar-refractivity contribution in [1.82, 2.24) is 9.62 Å². The number of likely N-dealkylation sites (tertiary alicyclic amines) is 1. The minimum Gasteiger partial charge on any atom is -0.384 e. The quantitative estimate of drug-likeness (QED) is 0.178. The van der Waals surface area contributed by atoms with Gasteiger partial charge in [0.15, 0.2) is 11.6 Å². The zero-order chi connectivity index (χ0) is 26.7. The fourth-order valence-electron chi connectivity index (χ4n) is 3.87. The van der Waals surface area contributed by atoms with Crippen LogP contribution in [0.3, 0.4) is 0 Å². The fraction of sp³-hybridized carbons (Fsp3) is 0.208. The number of hydrogen-bond acceptors (Lipinski definition) is 5. The molecule has 3 aromatic carbocycles. The number of carbonyl (C=O) groups excluding carboxylic acids is 1. The second-order valence-corrected chi connectivity index (χ2v) is 10.6. The van der Waals surface area contributed by atoms with Crippen LogP contribution in [0, 0.1) is 21.0 Å². The first-order chi connectivity index (χ1) is 17.5. The highest BCUT2D eigenvalue weighted by atomic mass is 127. The lowest BCUT2D eigenvalue weighted by molar-refractivity contribution is -0.0706. The van der Waals surface area contributed by atoms with Gasteiger partial charge in [0, 0.05) is 22.3 Å². The number of benzene rings is 3. The molecule has 13 heteroatoms. The van der Waals surface area contributed by atoms with E-state index < -0.39 is 45.9 Å². The van der Waals surface area contributed by atoms with E-state index in [9.17, 15) is 27.3 Å². The summed E-state index contributed by atoms with van der Waals surface area (Å²) in [6.07, 6.45) is 0. The summed E-state index contributed by atoms with van der Waals surface area (Å²) >= 11 is -0.231. The molecule has 5 N–H and O–H groups in total. The Balaban J connectivity index is 1.42. The molecule has 1 atom stereocenters. The lowest BCUT2D eigenvalue weighted by Gasteiger charge is -2.46. The average molecular weight is 646 g/mol. The molecule has 0 bridgehead atoms. The lowest BCUT2D eigenvalue weighted by atomic mass is 9.92. The van der Waals surface area contributed by atoms with E-state index in [1.165, 1.54) is 17.0 Å². The number of nitrogens with one attached hydrogen (secondary N) is 3. The molecule has 4 rings (SSSR count). The minimum absolute atomic E-state index is 0.0695. The van der Waals surface area contributed by atoms with Crippen molar-refractivity contribution in [1.29, 1.82) is 0 Å². The molecule has 1 aliphatic rings. The van der Waals surface area contributed by atoms with Crippen LogP contribution < -0.4 is 15.4 Å². The zero-order valence-electron chi connectivity index (χ0n) is 19.1. The standard InChI is InChI=1S/C24H22F3IN4O4S/c25-18-6-5-17(22(21(18)27)31-20-7-4-15(28)9-19(20)26)23(33)32-12-24(34,13-32)11-29-16-3-1-2-14(8-16)10-30-37(35)36/h1-9,29-31,34H,10-13H2,(H,35,36). The summed E-state index contributed by atoms with van der Waals surface area (Å²) in [5, 5.41) is 16.4. The van der Waals surface area contributed by atoms with Crippen molar-refractivity contribution in [2.45, 2.75) is 12.1 Å². The molecular formula is C24H22F3IN4O4S. The number of hydrogen-bond donors (Lipinski definition) is 5. The maximum Gasteiger partial charge on any atom is 0.256 e. The summed E-state index contributed by atoms with van der Waals surface area (Å²) in [5.41, 5.74) is -0.682. The Morgan fingerprint density at radius 2 is 1.84 bits per heavy atom. The molecule has 1 unspecified atom stereocenters. The molecule has 1 fully saturated rings. The van der Waals surface area contributed by atoms with Crippen LogP contribution in [0.2, 0.25) is 0 Å². The fourth-order valence-corrected chi connectivity index (χ4v) is 4.61. The van der Waals surface area contributed by atoms with Crippen LogP contribution in [0.4, 0.5) is 30.2 Å². The first-order valence-corrected chi connectivity index (χ1v) is 13.1. The van der Waals surface area contributed by atoms with Crippen LogP contribution in [0.5, 0.6) is 0 Å². The van der Waals surface area contributed by atoms with Gasteiger partial charge in [0.25, 0.3) is 5.91 Å². The average Bonchev–Trinajstić information content (AvgIpc) is 2.84. The highest BCUT2D eigenvalue weighted by molar-refractivity contribution is 14.1. The van der Waals surface area contributed by atoms with E-state index in [1.807, 2.05) is 22.6 Å². The van der Waals surface area contributed by atoms with Crippen molar-refractivity contribution < 1.29 is 31.8 Å². The van der Waals surface area contributed by atoms with Crippen molar-refractivity contribution in [3.8, 4) is 0 Å². The van der Waals surface area contributed by atoms with Gasteiger partial charge in [-0.3, -0.25) is 9.35 Å². The molecule has 196 valence electrons. The van der Waals surface area contributed by atoms with E-state index in [2.05, 4.69) is 15.4 Å². The predicted molar refractivity (Wildman–Crippen MR) is 142 cm³/mol. The van der Waals surface area contributed by atoms with Crippen molar-refractivity contribution >= 4 is 56.8 Å². The molecule has 1 saturated heterocycles. The van der Waals surface area contributed by atoms with Crippen LogP contribution in [0.25, 0.3) is 0 Å². The maximum absolute atomic E-state index is 14.7. The van der Waals surface area contributed by atoms with Gasteiger partial charge >= 0.3 is 0 Å². The van der Waals surface area contributed by atoms with Gasteiger partial charge in [-0.1, -0.05) is 12.1 Å². The molecule has 1 heterocycles. The van der Waals surface area contributed by atoms with Gasteiger partial charge in [-0.05, 0) is 70.6 Å². The summed E-state index contributed by atoms with van der Waals surface area (Å²) in [7, 11) is 0. The number of aliphatic hydroxyl groups is 1. The monoisotopic (exact) mass is 646 g/mol. The number of halogens is 4. The number of rotatable bonds is 9. The van der Waals surface area contributed by atoms with E-state index in [4.69, 9.17) is 4.55 Å². The second kappa shape index (κ2) is 11.3. The molecule has 0 aromatic heterocycles. The van der Waals surface area contributed by atoms with Crippen LogP contribution in [0.15, 0.2) is 54.6 Å². The Bertz CT molecular complexity index is 1360. The first-order valence-electron chi connectivity index (χ1n) is 10.9. The minimum atomic E-state index is -2.14. The van der Waals surface area contributed by atoms with Crippen molar-refractivity contribution in [3.63, 3.8) is 0 Å². The molecule has 1 aliphatic heterocycles. The van der Waals surface area contributed by atoms with Gasteiger partial charge in [-0.2, -0.15) is 0 Å². The second-order valence-electron chi connectivity index (χ2n) is 8.54. The third-order valence-corrected chi connectivity index (χ3v) is 6.78. The summed E-state index contributed by atoms with van der Waals surface area (Å²) in [6.45, 7) is 0.123. The number of β-amino-alcohol motifs (C(OH)–C–C–N with tert-alkyl or cyclic N) is 1. The van der Waals surface area contributed by atoms with Gasteiger partial charge in [0.1, 0.15) is 11.4 Å². The Labute approximate surface area is 226 Å². The summed E-state index contributed by atoms with van der Waals surface area (Å²) in [5.74, 6) is -3.86. The molecule has 0 saturated carbocycles. The van der Waals surface area contributed by atoms with Crippen LogP contribution in [0.1, 0.15) is 15.9 Å². The molecule has 0 spiro atoms. The van der Waals surface area contributed by atoms with Crippen molar-refractivity contribution in [2.75, 3.05) is 30.3 Å². The smallest absolute Gasteiger partial charge is 0.256 e. The summed E-state index contributed by atoms with van der Waals surface area (Å²) < 4.78 is 65.6. The predicted octanol–water partition coefficient (Wildman–Crippen LogP) is 3.98. The largest absolute Gasteiger partial charge is 0.384 e. The SMILES string of the molecule is O=C(c1ccc(F)c(F)c1Nc1ccc(I)cc1F)N1CC(O)(CNc2cccc(CNS(=O)O)c2)C1. The highest BCUT2D eigenvalue weighted by Gasteiger charge is 2.44. The van der Waals surface area contributed by atoms with Crippen molar-refractivity contribution in [3.05, 3.63) is 86.7 Å². The normalized spacial score (nSPS) is 15.1. The number of nitrogens with zero attached hydrogens (tertiary/aromatic N) is 1. The molecule has 3 aromatic rings. The molecule has 8 nitrogen and oxygen atoms in total. The van der Waals surface area contributed by atoms with Crippen molar-refractivity contribution in [2.24, 2.45) is 0 Å². The Kier molecular flexibility index (Phi) is 8.38. The van der Waals surface area contributed by atoms with Gasteiger partial charge in [-0.25, -0.2) is 22.1 Å². The van der Waals surface area contributed by atoms with E-state index in [-0.39, 0.29) is 37.4 Å². The molecule has 0 radical (unpaired) electrons. The highest BCUT2D eigenvalue weighted by Crippen LogP contribution is 2.32. The Morgan fingerprint density at radius 3 is 2.54 bits per heavy atom. The third kappa shape index (κ3) is 6.59. The molecule has 37 heavy (non-hydrogen) atoms. The molecule has 0 aliphatic carbocycles. The van der Waals surface area contributed by atoms with Gasteiger partial charge in [-0.15, -0.1) is 0 Å². The van der Waals surface area contributed by atoms with E-state index in [0.29, 0.717) is 9.26 Å². The van der Waals surface area contributed by atoms with Gasteiger partial charge < -0.3 is 20.6 Å². The number of carbonyl (C=O) groups is 1. The van der Waals surface area contributed by atoms with Crippen LogP contribution in [-0.2, 0) is 17.8 Å². The Hall–Kier alpha value is -2.72. The summed E-state index contributed by atoms with van der Waals surface area (Å²) in [6, 6.07) is 13.1. The Morgan fingerprint density at radius 1 is 1.08 bits per heavy atom. The van der Waals surface area contributed by atoms with E-state index in [1.54, 1.807) is 30.3 Å². The first kappa shape index (κ1) is 27.3. The number of amides is 1. The van der Waals surface area contributed by atoms with Gasteiger partial charge in [0.2, 0.25) is 11.3 Å². The van der Waals surface area contributed by atoms with Crippen LogP contribution >= 0.6 is 22.6 Å². The van der Waals surface area contributed by atoms with Gasteiger partial charge in [0.05, 0.1) is 30.0 Å². The van der Waals surface area contributed by atoms with E-state index >= 15 is 0 Å². The van der Waals surface area contributed by atoms with E-state index in [0.717, 1.165) is 17.7 Å². The lowest BCUT2D eigenvalue weighted by Crippen LogP contribution is -2.66. The summed E-state index contributed by atoms with van der Waals surface area (Å²) in [4.78, 5) is 14.4. The topological polar surface area (TPSA) is 114 Å². The maximum atomic E-state index is 14.7.